The van der Waals surface area contributed by atoms with Gasteiger partial charge in [-0.15, -0.1) is 0 Å². The summed E-state index contributed by atoms with van der Waals surface area (Å²) in [6, 6.07) is -0.718. The lowest BCUT2D eigenvalue weighted by Crippen LogP contribution is -2.46. The van der Waals surface area contributed by atoms with E-state index >= 15 is 0 Å². The van der Waals surface area contributed by atoms with Crippen LogP contribution in [0, 0.1) is 0 Å². The smallest absolute Gasteiger partial charge is 0.306 e. The Morgan fingerprint density at radius 3 is 1.31 bits per heavy atom. The van der Waals surface area contributed by atoms with Crippen LogP contribution in [-0.2, 0) is 14.3 Å². The van der Waals surface area contributed by atoms with Gasteiger partial charge in [-0.05, 0) is 70.6 Å². The summed E-state index contributed by atoms with van der Waals surface area (Å²) in [4.78, 5) is 26.2. The maximum absolute atomic E-state index is 13.2. The molecule has 65 heavy (non-hydrogen) atoms. The van der Waals surface area contributed by atoms with Gasteiger partial charge in [0, 0.05) is 6.42 Å². The van der Waals surface area contributed by atoms with Crippen molar-refractivity contribution in [1.29, 1.82) is 0 Å². The third kappa shape index (κ3) is 47.6. The van der Waals surface area contributed by atoms with Crippen LogP contribution in [0.4, 0.5) is 0 Å². The van der Waals surface area contributed by atoms with E-state index < -0.39 is 18.2 Å². The van der Waals surface area contributed by atoms with Gasteiger partial charge in [0.1, 0.15) is 6.10 Å². The molecule has 3 unspecified atom stereocenters. The molecule has 0 spiro atoms. The van der Waals surface area contributed by atoms with E-state index in [0.717, 1.165) is 70.6 Å². The molecule has 1 amide bonds. The third-order valence-electron chi connectivity index (χ3n) is 12.4. The van der Waals surface area contributed by atoms with E-state index in [2.05, 4.69) is 62.5 Å². The topological polar surface area (TPSA) is 95.9 Å². The first-order chi connectivity index (χ1) is 32.0. The van der Waals surface area contributed by atoms with Crippen molar-refractivity contribution in [3.8, 4) is 0 Å². The molecule has 0 aliphatic rings. The molecule has 376 valence electrons. The Labute approximate surface area is 402 Å². The first-order valence-electron chi connectivity index (χ1n) is 27.7. The number of amides is 1. The molecule has 0 fully saturated rings. The van der Waals surface area contributed by atoms with Crippen molar-refractivity contribution >= 4 is 11.9 Å². The maximum Gasteiger partial charge on any atom is 0.306 e. The van der Waals surface area contributed by atoms with Crippen LogP contribution in [0.15, 0.2) is 72.9 Å². The molecule has 0 radical (unpaired) electrons. The Bertz CT molecular complexity index is 1200. The number of hydrogen-bond donors (Lipinski definition) is 3. The minimum Gasteiger partial charge on any atom is -0.462 e. The minimum absolute atomic E-state index is 0.0469. The standard InChI is InChI=1S/C59H105NO5/c1-4-7-10-13-16-19-22-24-26-28-29-30-32-34-37-40-43-46-49-52-59(64)65-55(50-47-44-41-38-36-33-31-27-25-23-20-17-14-11-8-5-2)53-58(63)60-56(54-61)57(62)51-48-45-42-39-35-21-18-15-12-9-6-3/h11,14,17,20,23-27,31,33,36,55-57,61-62H,4-10,12-13,15-16,18-19,21-22,28-30,32,34-35,37-54H2,1-3H3,(H,60,63)/b14-11+,20-17+,25-23+,26-24+,31-27+,36-33+. The summed E-state index contributed by atoms with van der Waals surface area (Å²) in [5.41, 5.74) is 0. The number of aliphatic hydroxyl groups excluding tert-OH is 2. The number of rotatable bonds is 49. The number of allylic oxidation sites excluding steroid dienone is 12. The zero-order valence-electron chi connectivity index (χ0n) is 42.9. The molecule has 0 aromatic heterocycles. The van der Waals surface area contributed by atoms with E-state index in [1.807, 2.05) is 36.5 Å². The summed E-state index contributed by atoms with van der Waals surface area (Å²) in [5.74, 6) is -0.515. The first kappa shape index (κ1) is 62.3. The highest BCUT2D eigenvalue weighted by atomic mass is 16.5. The number of carbonyl (C=O) groups is 2. The molecule has 0 aliphatic carbocycles. The Morgan fingerprint density at radius 2 is 0.831 bits per heavy atom. The fourth-order valence-electron chi connectivity index (χ4n) is 8.16. The van der Waals surface area contributed by atoms with Crippen molar-refractivity contribution in [3.05, 3.63) is 72.9 Å². The van der Waals surface area contributed by atoms with E-state index in [4.69, 9.17) is 4.74 Å². The zero-order valence-corrected chi connectivity index (χ0v) is 42.9. The molecular formula is C59H105NO5. The normalized spacial score (nSPS) is 13.7. The average molecular weight is 908 g/mol. The molecule has 0 aliphatic heterocycles. The molecule has 0 bridgehead atoms. The van der Waals surface area contributed by atoms with E-state index in [-0.39, 0.29) is 24.9 Å². The van der Waals surface area contributed by atoms with Crippen LogP contribution in [-0.4, -0.2) is 46.9 Å². The van der Waals surface area contributed by atoms with Gasteiger partial charge >= 0.3 is 5.97 Å². The van der Waals surface area contributed by atoms with E-state index in [0.29, 0.717) is 19.3 Å². The lowest BCUT2D eigenvalue weighted by Gasteiger charge is -2.24. The number of carbonyl (C=O) groups excluding carboxylic acids is 2. The van der Waals surface area contributed by atoms with Gasteiger partial charge in [-0.1, -0.05) is 254 Å². The number of aliphatic hydroxyl groups is 2. The van der Waals surface area contributed by atoms with Crippen LogP contribution in [0.1, 0.15) is 265 Å². The van der Waals surface area contributed by atoms with E-state index in [1.165, 1.54) is 148 Å². The number of nitrogens with one attached hydrogen (secondary N) is 1. The van der Waals surface area contributed by atoms with Gasteiger partial charge in [-0.3, -0.25) is 9.59 Å². The second kappa shape index (κ2) is 52.3. The third-order valence-corrected chi connectivity index (χ3v) is 12.4. The quantitative estimate of drug-likeness (QED) is 0.0245. The van der Waals surface area contributed by atoms with Crippen molar-refractivity contribution in [2.45, 2.75) is 283 Å². The highest BCUT2D eigenvalue weighted by Crippen LogP contribution is 2.18. The SMILES string of the molecule is CCC/C=C/C=C/C=C/C=C/C=C/CCCCCC(CC(=O)NC(CO)C(O)CCCCCCCCCCCCC)OC(=O)CCCCCCCCCCC/C=C/CCCCCCCC. The molecule has 0 aromatic carbocycles. The Balaban J connectivity index is 4.63. The van der Waals surface area contributed by atoms with E-state index in [1.54, 1.807) is 0 Å². The predicted molar refractivity (Wildman–Crippen MR) is 282 cm³/mol. The molecule has 3 atom stereocenters. The van der Waals surface area contributed by atoms with Crippen molar-refractivity contribution in [1.82, 2.24) is 5.32 Å². The Morgan fingerprint density at radius 1 is 0.446 bits per heavy atom. The Kier molecular flexibility index (Phi) is 50.1. The molecule has 0 rings (SSSR count). The van der Waals surface area contributed by atoms with Gasteiger partial charge in [0.05, 0.1) is 25.2 Å². The van der Waals surface area contributed by atoms with E-state index in [9.17, 15) is 19.8 Å². The number of unbranched alkanes of at least 4 members (excludes halogenated alkanes) is 29. The minimum atomic E-state index is -0.802. The lowest BCUT2D eigenvalue weighted by molar-refractivity contribution is -0.151. The molecule has 0 saturated heterocycles. The van der Waals surface area contributed by atoms with Gasteiger partial charge < -0.3 is 20.3 Å². The van der Waals surface area contributed by atoms with Gasteiger partial charge in [-0.25, -0.2) is 0 Å². The molecule has 3 N–H and O–H groups in total. The van der Waals surface area contributed by atoms with Gasteiger partial charge in [0.15, 0.2) is 0 Å². The van der Waals surface area contributed by atoms with Gasteiger partial charge in [0.2, 0.25) is 5.91 Å². The summed E-state index contributed by atoms with van der Waals surface area (Å²) in [6.45, 7) is 6.38. The highest BCUT2D eigenvalue weighted by molar-refractivity contribution is 5.77. The van der Waals surface area contributed by atoms with Crippen LogP contribution < -0.4 is 5.32 Å². The van der Waals surface area contributed by atoms with Crippen LogP contribution >= 0.6 is 0 Å². The molecule has 6 nitrogen and oxygen atoms in total. The van der Waals surface area contributed by atoms with Crippen molar-refractivity contribution in [2.24, 2.45) is 0 Å². The fourth-order valence-corrected chi connectivity index (χ4v) is 8.16. The molecular weight excluding hydrogens is 803 g/mol. The summed E-state index contributed by atoms with van der Waals surface area (Å²) >= 11 is 0. The van der Waals surface area contributed by atoms with Gasteiger partial charge in [0.25, 0.3) is 0 Å². The number of hydrogen-bond acceptors (Lipinski definition) is 5. The van der Waals surface area contributed by atoms with Crippen molar-refractivity contribution in [3.63, 3.8) is 0 Å². The van der Waals surface area contributed by atoms with Crippen LogP contribution in [0.5, 0.6) is 0 Å². The molecule has 0 aromatic rings. The summed E-state index contributed by atoms with van der Waals surface area (Å²) in [6.07, 6.45) is 66.8. The van der Waals surface area contributed by atoms with Crippen LogP contribution in [0.25, 0.3) is 0 Å². The monoisotopic (exact) mass is 908 g/mol. The largest absolute Gasteiger partial charge is 0.462 e. The second-order valence-electron chi connectivity index (χ2n) is 18.8. The zero-order chi connectivity index (χ0) is 47.4. The van der Waals surface area contributed by atoms with Crippen molar-refractivity contribution < 1.29 is 24.5 Å². The highest BCUT2D eigenvalue weighted by Gasteiger charge is 2.24. The lowest BCUT2D eigenvalue weighted by atomic mass is 10.0. The number of ether oxygens (including phenoxy) is 1. The molecule has 0 heterocycles. The average Bonchev–Trinajstić information content (AvgIpc) is 3.30. The predicted octanol–water partition coefficient (Wildman–Crippen LogP) is 17.0. The molecule has 6 heteroatoms. The van der Waals surface area contributed by atoms with Gasteiger partial charge in [-0.2, -0.15) is 0 Å². The van der Waals surface area contributed by atoms with Crippen LogP contribution in [0.3, 0.4) is 0 Å². The summed E-state index contributed by atoms with van der Waals surface area (Å²) in [7, 11) is 0. The molecule has 0 saturated carbocycles. The Hall–Kier alpha value is -2.70. The summed E-state index contributed by atoms with van der Waals surface area (Å²) in [5, 5.41) is 23.8. The fraction of sp³-hybridized carbons (Fsp3) is 0.763. The summed E-state index contributed by atoms with van der Waals surface area (Å²) < 4.78 is 5.93. The van der Waals surface area contributed by atoms with Crippen molar-refractivity contribution in [2.75, 3.05) is 6.61 Å². The van der Waals surface area contributed by atoms with Crippen LogP contribution in [0.2, 0.25) is 0 Å². The first-order valence-corrected chi connectivity index (χ1v) is 27.7. The maximum atomic E-state index is 13.2. The number of esters is 1. The second-order valence-corrected chi connectivity index (χ2v) is 18.8.